The van der Waals surface area contributed by atoms with Gasteiger partial charge in [-0.15, -0.1) is 0 Å². The number of nitrogens with zero attached hydrogens (tertiary/aromatic N) is 2. The fourth-order valence-corrected chi connectivity index (χ4v) is 1.37. The number of hydrogen-bond acceptors (Lipinski definition) is 3. The average molecular weight is 314 g/mol. The molecule has 4 nitrogen and oxygen atoms in total. The van der Waals surface area contributed by atoms with E-state index in [1.807, 2.05) is 22.6 Å². The summed E-state index contributed by atoms with van der Waals surface area (Å²) in [6, 6.07) is 0. The van der Waals surface area contributed by atoms with Crippen molar-refractivity contribution in [2.75, 3.05) is 0 Å². The molecule has 0 spiro atoms. The lowest BCUT2D eigenvalue weighted by Crippen LogP contribution is -2.03. The first-order valence-corrected chi connectivity index (χ1v) is 4.60. The summed E-state index contributed by atoms with van der Waals surface area (Å²) in [6.07, 6.45) is -1.73. The summed E-state index contributed by atoms with van der Waals surface area (Å²) in [5.74, 6) is 0. The predicted molar refractivity (Wildman–Crippen MR) is 53.3 cm³/mol. The van der Waals surface area contributed by atoms with Gasteiger partial charge in [0.25, 0.3) is 6.43 Å². The lowest BCUT2D eigenvalue weighted by atomic mass is 10.2. The zero-order valence-corrected chi connectivity index (χ0v) is 9.16. The Morgan fingerprint density at radius 1 is 1.64 bits per heavy atom. The van der Waals surface area contributed by atoms with Crippen LogP contribution in [0.15, 0.2) is 6.20 Å². The molecule has 0 aromatic carbocycles. The van der Waals surface area contributed by atoms with Gasteiger partial charge in [0.15, 0.2) is 5.69 Å². The van der Waals surface area contributed by atoms with Gasteiger partial charge in [0.1, 0.15) is 0 Å². The smallest absolute Gasteiger partial charge is 0.258 e. The van der Waals surface area contributed by atoms with E-state index in [4.69, 9.17) is 0 Å². The van der Waals surface area contributed by atoms with Gasteiger partial charge < -0.3 is 0 Å². The van der Waals surface area contributed by atoms with Crippen molar-refractivity contribution in [3.63, 3.8) is 0 Å². The van der Waals surface area contributed by atoms with Crippen LogP contribution in [0.2, 0.25) is 0 Å². The van der Waals surface area contributed by atoms with Crippen LogP contribution in [0.25, 0.3) is 0 Å². The zero-order chi connectivity index (χ0) is 10.9. The van der Waals surface area contributed by atoms with Crippen molar-refractivity contribution in [1.29, 1.82) is 0 Å². The summed E-state index contributed by atoms with van der Waals surface area (Å²) < 4.78 is 25.2. The van der Waals surface area contributed by atoms with Gasteiger partial charge in [0, 0.05) is 15.3 Å². The Hall–Kier alpha value is -0.860. The van der Waals surface area contributed by atoms with E-state index in [2.05, 4.69) is 4.98 Å². The van der Waals surface area contributed by atoms with Gasteiger partial charge in [-0.1, -0.05) is 0 Å². The molecule has 0 bridgehead atoms. The predicted octanol–water partition coefficient (Wildman–Crippen LogP) is 2.84. The molecule has 1 aromatic rings. The molecule has 0 fully saturated rings. The van der Waals surface area contributed by atoms with Gasteiger partial charge in [0.05, 0.1) is 4.92 Å². The van der Waals surface area contributed by atoms with Crippen LogP contribution < -0.4 is 0 Å². The first-order chi connectivity index (χ1) is 6.45. The summed E-state index contributed by atoms with van der Waals surface area (Å²) in [4.78, 5) is 13.1. The van der Waals surface area contributed by atoms with Crippen LogP contribution in [0.3, 0.4) is 0 Å². The molecule has 1 heterocycles. The molecule has 0 atom stereocenters. The third kappa shape index (κ3) is 1.97. The van der Waals surface area contributed by atoms with Crippen LogP contribution in [0.5, 0.6) is 0 Å². The third-order valence-electron chi connectivity index (χ3n) is 1.66. The van der Waals surface area contributed by atoms with Crippen molar-refractivity contribution in [2.24, 2.45) is 0 Å². The molecule has 0 saturated heterocycles. The lowest BCUT2D eigenvalue weighted by molar-refractivity contribution is -0.387. The first kappa shape index (κ1) is 11.2. The highest BCUT2D eigenvalue weighted by Gasteiger charge is 2.26. The minimum atomic E-state index is -2.92. The molecular weight excluding hydrogens is 309 g/mol. The van der Waals surface area contributed by atoms with Gasteiger partial charge in [0.2, 0.25) is 0 Å². The van der Waals surface area contributed by atoms with Gasteiger partial charge in [-0.25, -0.2) is 13.8 Å². The molecule has 1 rings (SSSR count). The fourth-order valence-electron chi connectivity index (χ4n) is 0.980. The maximum absolute atomic E-state index is 12.3. The summed E-state index contributed by atoms with van der Waals surface area (Å²) >= 11 is 1.81. The van der Waals surface area contributed by atoms with Gasteiger partial charge in [-0.3, -0.25) is 10.1 Å². The second kappa shape index (κ2) is 4.11. The Balaban J connectivity index is 3.45. The van der Waals surface area contributed by atoms with Crippen molar-refractivity contribution in [3.05, 3.63) is 31.1 Å². The first-order valence-electron chi connectivity index (χ1n) is 3.52. The molecule has 0 aliphatic carbocycles. The second-order valence-corrected chi connectivity index (χ2v) is 3.68. The number of hydrogen-bond donors (Lipinski definition) is 0. The molecule has 7 heteroatoms. The molecule has 76 valence electrons. The van der Waals surface area contributed by atoms with Crippen LogP contribution in [-0.2, 0) is 0 Å². The standard InChI is InChI=1S/C7H5F2IN2O2/c1-3-4(10)2-11-5(7(8)9)6(3)12(13)14/h2,7H,1H3. The molecule has 0 aliphatic heterocycles. The minimum Gasteiger partial charge on any atom is -0.258 e. The minimum absolute atomic E-state index is 0.223. The van der Waals surface area contributed by atoms with E-state index < -0.39 is 22.7 Å². The number of halogens is 3. The topological polar surface area (TPSA) is 56.0 Å². The van der Waals surface area contributed by atoms with Crippen molar-refractivity contribution < 1.29 is 13.7 Å². The molecule has 1 aromatic heterocycles. The lowest BCUT2D eigenvalue weighted by Gasteiger charge is -2.04. The monoisotopic (exact) mass is 314 g/mol. The number of rotatable bonds is 2. The van der Waals surface area contributed by atoms with E-state index in [1.165, 1.54) is 13.1 Å². The fraction of sp³-hybridized carbons (Fsp3) is 0.286. The Bertz CT molecular complexity index is 384. The largest absolute Gasteiger partial charge is 0.300 e. The Morgan fingerprint density at radius 2 is 2.21 bits per heavy atom. The molecule has 0 radical (unpaired) electrons. The summed E-state index contributed by atoms with van der Waals surface area (Å²) in [6.45, 7) is 1.42. The molecule has 14 heavy (non-hydrogen) atoms. The van der Waals surface area contributed by atoms with Crippen molar-refractivity contribution in [1.82, 2.24) is 4.98 Å². The average Bonchev–Trinajstić information content (AvgIpc) is 2.08. The number of aromatic nitrogens is 1. The quantitative estimate of drug-likeness (QED) is 0.479. The van der Waals surface area contributed by atoms with Crippen molar-refractivity contribution >= 4 is 28.3 Å². The van der Waals surface area contributed by atoms with Crippen LogP contribution >= 0.6 is 22.6 Å². The summed E-state index contributed by atoms with van der Waals surface area (Å²) in [7, 11) is 0. The highest BCUT2D eigenvalue weighted by molar-refractivity contribution is 14.1. The van der Waals surface area contributed by atoms with Crippen molar-refractivity contribution in [3.8, 4) is 0 Å². The molecule has 0 amide bonds. The van der Waals surface area contributed by atoms with E-state index in [9.17, 15) is 18.9 Å². The van der Waals surface area contributed by atoms with E-state index >= 15 is 0 Å². The molecule has 0 saturated carbocycles. The molecule has 0 aliphatic rings. The van der Waals surface area contributed by atoms with Gasteiger partial charge in [-0.2, -0.15) is 0 Å². The van der Waals surface area contributed by atoms with Crippen LogP contribution in [0.1, 0.15) is 17.7 Å². The number of pyridine rings is 1. The Morgan fingerprint density at radius 3 is 2.64 bits per heavy atom. The van der Waals surface area contributed by atoms with E-state index in [0.29, 0.717) is 3.57 Å². The Kier molecular flexibility index (Phi) is 3.29. The summed E-state index contributed by atoms with van der Waals surface area (Å²) in [5.41, 5.74) is -1.14. The number of nitro groups is 1. The van der Waals surface area contributed by atoms with Crippen LogP contribution in [0, 0.1) is 20.6 Å². The molecule has 0 unspecified atom stereocenters. The molecular formula is C7H5F2IN2O2. The molecule has 0 N–H and O–H groups in total. The van der Waals surface area contributed by atoms with Gasteiger partial charge >= 0.3 is 5.69 Å². The second-order valence-electron chi connectivity index (χ2n) is 2.52. The van der Waals surface area contributed by atoms with E-state index in [0.717, 1.165) is 0 Å². The Labute approximate surface area is 91.6 Å². The zero-order valence-electron chi connectivity index (χ0n) is 7.00. The van der Waals surface area contributed by atoms with Gasteiger partial charge in [-0.05, 0) is 29.5 Å². The summed E-state index contributed by atoms with van der Waals surface area (Å²) in [5, 5.41) is 10.5. The van der Waals surface area contributed by atoms with Crippen LogP contribution in [0.4, 0.5) is 14.5 Å². The van der Waals surface area contributed by atoms with E-state index in [-0.39, 0.29) is 5.56 Å². The maximum atomic E-state index is 12.3. The maximum Gasteiger partial charge on any atom is 0.300 e. The highest BCUT2D eigenvalue weighted by atomic mass is 127. The number of alkyl halides is 2. The van der Waals surface area contributed by atoms with Crippen LogP contribution in [-0.4, -0.2) is 9.91 Å². The normalized spacial score (nSPS) is 10.6. The highest BCUT2D eigenvalue weighted by Crippen LogP contribution is 2.31. The third-order valence-corrected chi connectivity index (χ3v) is 2.75. The SMILES string of the molecule is Cc1c(I)cnc(C(F)F)c1[N+](=O)[O-]. The van der Waals surface area contributed by atoms with E-state index in [1.54, 1.807) is 0 Å². The van der Waals surface area contributed by atoms with Crippen molar-refractivity contribution in [2.45, 2.75) is 13.3 Å².